The summed E-state index contributed by atoms with van der Waals surface area (Å²) in [4.78, 5) is 89.5. The van der Waals surface area contributed by atoms with E-state index in [-0.39, 0.29) is 43.8 Å². The van der Waals surface area contributed by atoms with E-state index in [0.29, 0.717) is 24.9 Å². The number of hydrogen-bond donors (Lipinski definition) is 6. The fourth-order valence-corrected chi connectivity index (χ4v) is 5.13. The number of carbonyl (C=O) groups is 7. The molecule has 0 heterocycles. The number of amides is 5. The minimum absolute atomic E-state index is 0.188. The highest BCUT2D eigenvalue weighted by molar-refractivity contribution is 5.99. The number of nitrogens with two attached hydrogens (primary N) is 3. The Hall–Kier alpha value is -4.91. The minimum Gasteiger partial charge on any atom is -0.370 e. The van der Waals surface area contributed by atoms with Crippen LogP contribution < -0.4 is 33.2 Å². The SMILES string of the molecule is CC(C)C(NC(=O)CCC(=O)[C@H](CC(N)=O)NC(=O)[C@H](CCCCN)CC(=O)[C@H](Cc1ccccc1)NC(=O)c1ccccc1)C(N)=O. The molecular formula is C35H48N6O7. The van der Waals surface area contributed by atoms with Gasteiger partial charge in [-0.1, -0.05) is 68.8 Å². The molecule has 0 radical (unpaired) electrons. The normalized spacial score (nSPS) is 13.4. The Bertz CT molecular complexity index is 1400. The quantitative estimate of drug-likeness (QED) is 0.0994. The van der Waals surface area contributed by atoms with Gasteiger partial charge >= 0.3 is 0 Å². The second kappa shape index (κ2) is 20.4. The van der Waals surface area contributed by atoms with Gasteiger partial charge in [0.2, 0.25) is 23.6 Å². The first-order valence-corrected chi connectivity index (χ1v) is 16.1. The van der Waals surface area contributed by atoms with Crippen molar-refractivity contribution < 1.29 is 33.6 Å². The largest absolute Gasteiger partial charge is 0.370 e. The molecule has 13 heteroatoms. The highest BCUT2D eigenvalue weighted by atomic mass is 16.2. The number of unbranched alkanes of at least 4 members (excludes halogenated alkanes) is 1. The minimum atomic E-state index is -1.34. The second-order valence-electron chi connectivity index (χ2n) is 12.1. The molecule has 0 saturated carbocycles. The zero-order valence-corrected chi connectivity index (χ0v) is 27.6. The van der Waals surface area contributed by atoms with Gasteiger partial charge in [-0.2, -0.15) is 0 Å². The molecule has 0 aliphatic heterocycles. The third kappa shape index (κ3) is 13.8. The van der Waals surface area contributed by atoms with Crippen molar-refractivity contribution in [1.29, 1.82) is 0 Å². The maximum absolute atomic E-state index is 13.8. The van der Waals surface area contributed by atoms with Crippen molar-refractivity contribution in [3.05, 3.63) is 71.8 Å². The van der Waals surface area contributed by atoms with Gasteiger partial charge in [0.15, 0.2) is 11.6 Å². The molecule has 5 amide bonds. The van der Waals surface area contributed by atoms with Gasteiger partial charge in [-0.05, 0) is 49.4 Å². The molecule has 48 heavy (non-hydrogen) atoms. The summed E-state index contributed by atoms with van der Waals surface area (Å²) in [5.74, 6) is -5.46. The van der Waals surface area contributed by atoms with Gasteiger partial charge < -0.3 is 33.2 Å². The molecule has 2 aromatic rings. The van der Waals surface area contributed by atoms with Gasteiger partial charge in [0, 0.05) is 30.7 Å². The standard InChI is InChI=1S/C35H48N6O7/c1-22(2)32(33(38)46)41-31(45)17-16-28(42)27(21-30(37)44)40-35(48)25(15-9-10-18-36)20-29(43)26(19-23-11-5-3-6-12-23)39-34(47)24-13-7-4-8-14-24/h3-8,11-14,22,25-27,32H,9-10,15-21,36H2,1-2H3,(H2,37,44)(H2,38,46)(H,39,47)(H,40,48)(H,41,45)/t25-,26+,27+,32?/m1/s1. The van der Waals surface area contributed by atoms with E-state index in [9.17, 15) is 33.6 Å². The molecule has 2 rings (SSSR count). The number of hydrogen-bond acceptors (Lipinski definition) is 8. The summed E-state index contributed by atoms with van der Waals surface area (Å²) in [5.41, 5.74) is 17.6. The number of benzene rings is 2. The van der Waals surface area contributed by atoms with E-state index in [0.717, 1.165) is 5.56 Å². The van der Waals surface area contributed by atoms with Crippen LogP contribution in [-0.4, -0.2) is 65.8 Å². The van der Waals surface area contributed by atoms with Gasteiger partial charge in [-0.25, -0.2) is 0 Å². The smallest absolute Gasteiger partial charge is 0.251 e. The summed E-state index contributed by atoms with van der Waals surface area (Å²) in [5, 5.41) is 7.87. The lowest BCUT2D eigenvalue weighted by molar-refractivity contribution is -0.134. The Kier molecular flexibility index (Phi) is 16.7. The van der Waals surface area contributed by atoms with Crippen molar-refractivity contribution in [2.75, 3.05) is 6.54 Å². The van der Waals surface area contributed by atoms with Crippen molar-refractivity contribution in [1.82, 2.24) is 16.0 Å². The highest BCUT2D eigenvalue weighted by Crippen LogP contribution is 2.18. The van der Waals surface area contributed by atoms with Crippen LogP contribution in [0, 0.1) is 11.8 Å². The van der Waals surface area contributed by atoms with E-state index >= 15 is 0 Å². The van der Waals surface area contributed by atoms with E-state index in [2.05, 4.69) is 16.0 Å². The number of rotatable bonds is 22. The van der Waals surface area contributed by atoms with Gasteiger partial charge in [-0.3, -0.25) is 33.6 Å². The summed E-state index contributed by atoms with van der Waals surface area (Å²) in [6.07, 6.45) is 0.0829. The molecule has 9 N–H and O–H groups in total. The molecule has 0 spiro atoms. The molecule has 13 nitrogen and oxygen atoms in total. The average molecular weight is 665 g/mol. The van der Waals surface area contributed by atoms with Crippen LogP contribution in [0.1, 0.15) is 74.7 Å². The zero-order chi connectivity index (χ0) is 35.6. The van der Waals surface area contributed by atoms with Crippen LogP contribution in [0.25, 0.3) is 0 Å². The molecule has 0 saturated heterocycles. The summed E-state index contributed by atoms with van der Waals surface area (Å²) in [6, 6.07) is 14.3. The Balaban J connectivity index is 2.22. The van der Waals surface area contributed by atoms with Crippen molar-refractivity contribution >= 4 is 41.1 Å². The Labute approximate surface area is 281 Å². The third-order valence-corrected chi connectivity index (χ3v) is 7.84. The Morgan fingerprint density at radius 2 is 1.33 bits per heavy atom. The number of ketones is 2. The van der Waals surface area contributed by atoms with Crippen LogP contribution in [0.4, 0.5) is 0 Å². The predicted octanol–water partition coefficient (Wildman–Crippen LogP) is 1.07. The van der Waals surface area contributed by atoms with Crippen LogP contribution in [-0.2, 0) is 35.2 Å². The molecule has 1 unspecified atom stereocenters. The van der Waals surface area contributed by atoms with Crippen molar-refractivity contribution in [3.8, 4) is 0 Å². The fraction of sp³-hybridized carbons (Fsp3) is 0.457. The number of nitrogens with one attached hydrogen (secondary N) is 3. The zero-order valence-electron chi connectivity index (χ0n) is 27.6. The maximum atomic E-state index is 13.8. The van der Waals surface area contributed by atoms with Crippen LogP contribution in [0.3, 0.4) is 0 Å². The summed E-state index contributed by atoms with van der Waals surface area (Å²) >= 11 is 0. The van der Waals surface area contributed by atoms with Crippen molar-refractivity contribution in [2.24, 2.45) is 29.0 Å². The van der Waals surface area contributed by atoms with E-state index in [4.69, 9.17) is 17.2 Å². The first-order valence-electron chi connectivity index (χ1n) is 16.1. The first-order chi connectivity index (χ1) is 22.8. The van der Waals surface area contributed by atoms with E-state index in [1.807, 2.05) is 30.3 Å². The van der Waals surface area contributed by atoms with E-state index < -0.39 is 65.8 Å². The predicted molar refractivity (Wildman–Crippen MR) is 180 cm³/mol. The van der Waals surface area contributed by atoms with Crippen molar-refractivity contribution in [2.45, 2.75) is 83.3 Å². The molecule has 0 aliphatic rings. The van der Waals surface area contributed by atoms with E-state index in [1.54, 1.807) is 44.2 Å². The summed E-state index contributed by atoms with van der Waals surface area (Å²) in [6.45, 7) is 3.77. The van der Waals surface area contributed by atoms with Crippen LogP contribution in [0.5, 0.6) is 0 Å². The summed E-state index contributed by atoms with van der Waals surface area (Å²) in [7, 11) is 0. The van der Waals surface area contributed by atoms with Crippen LogP contribution in [0.2, 0.25) is 0 Å². The molecule has 2 aromatic carbocycles. The molecule has 0 aliphatic carbocycles. The summed E-state index contributed by atoms with van der Waals surface area (Å²) < 4.78 is 0. The molecule has 260 valence electrons. The van der Waals surface area contributed by atoms with Gasteiger partial charge in [0.1, 0.15) is 6.04 Å². The number of carbonyl (C=O) groups excluding carboxylic acids is 7. The van der Waals surface area contributed by atoms with E-state index in [1.165, 1.54) is 0 Å². The number of Topliss-reactive ketones (excluding diaryl/α,β-unsaturated/α-hetero) is 2. The van der Waals surface area contributed by atoms with Gasteiger partial charge in [0.25, 0.3) is 5.91 Å². The van der Waals surface area contributed by atoms with Gasteiger partial charge in [0.05, 0.1) is 18.5 Å². The lowest BCUT2D eigenvalue weighted by atomic mass is 9.90. The Morgan fingerprint density at radius 3 is 1.90 bits per heavy atom. The third-order valence-electron chi connectivity index (χ3n) is 7.84. The highest BCUT2D eigenvalue weighted by Gasteiger charge is 2.31. The molecule has 4 atom stereocenters. The van der Waals surface area contributed by atoms with Crippen LogP contribution in [0.15, 0.2) is 60.7 Å². The molecule has 0 fully saturated rings. The average Bonchev–Trinajstić information content (AvgIpc) is 3.05. The fourth-order valence-electron chi connectivity index (χ4n) is 5.13. The monoisotopic (exact) mass is 664 g/mol. The topological polar surface area (TPSA) is 234 Å². The second-order valence-corrected chi connectivity index (χ2v) is 12.1. The number of primary amides is 2. The van der Waals surface area contributed by atoms with Gasteiger partial charge in [-0.15, -0.1) is 0 Å². The lowest BCUT2D eigenvalue weighted by Crippen LogP contribution is -2.49. The molecule has 0 bridgehead atoms. The van der Waals surface area contributed by atoms with Crippen molar-refractivity contribution in [3.63, 3.8) is 0 Å². The maximum Gasteiger partial charge on any atom is 0.251 e. The van der Waals surface area contributed by atoms with Crippen LogP contribution >= 0.6 is 0 Å². The molecule has 0 aromatic heterocycles. The molecular weight excluding hydrogens is 616 g/mol. The first kappa shape index (κ1) is 39.3. The Morgan fingerprint density at radius 1 is 0.708 bits per heavy atom. The lowest BCUT2D eigenvalue weighted by Gasteiger charge is -2.24.